The van der Waals surface area contributed by atoms with Crippen LogP contribution in [0, 0.1) is 5.82 Å². The van der Waals surface area contributed by atoms with Crippen molar-refractivity contribution in [3.63, 3.8) is 0 Å². The first-order chi connectivity index (χ1) is 6.49. The van der Waals surface area contributed by atoms with E-state index in [-0.39, 0.29) is 12.3 Å². The van der Waals surface area contributed by atoms with Crippen molar-refractivity contribution in [3.8, 4) is 0 Å². The topological polar surface area (TPSA) is 72.3 Å². The zero-order valence-electron chi connectivity index (χ0n) is 8.13. The Kier molecular flexibility index (Phi) is 3.08. The summed E-state index contributed by atoms with van der Waals surface area (Å²) in [6.07, 6.45) is 0.348. The number of aliphatic hydroxyl groups is 1. The van der Waals surface area contributed by atoms with E-state index in [4.69, 9.17) is 16.6 Å². The van der Waals surface area contributed by atoms with Crippen LogP contribution in [0.4, 0.5) is 10.1 Å². The number of hydrogen-bond acceptors (Lipinski definition) is 3. The Bertz CT molecular complexity index is 326. The lowest BCUT2D eigenvalue weighted by atomic mass is 9.89. The molecule has 0 amide bonds. The third-order valence-electron chi connectivity index (χ3n) is 2.30. The van der Waals surface area contributed by atoms with Crippen LogP contribution in [0.15, 0.2) is 18.2 Å². The minimum absolute atomic E-state index is 0.0526. The molecule has 0 saturated carbocycles. The molecule has 14 heavy (non-hydrogen) atoms. The van der Waals surface area contributed by atoms with Crippen LogP contribution in [0.2, 0.25) is 0 Å². The molecule has 0 fully saturated rings. The van der Waals surface area contributed by atoms with E-state index in [2.05, 4.69) is 0 Å². The first kappa shape index (κ1) is 10.9. The summed E-state index contributed by atoms with van der Waals surface area (Å²) < 4.78 is 13.1. The smallest absolute Gasteiger partial charge is 0.146 e. The molecule has 1 atom stereocenters. The van der Waals surface area contributed by atoms with Crippen LogP contribution < -0.4 is 11.5 Å². The predicted octanol–water partition coefficient (Wildman–Crippen LogP) is 0.964. The van der Waals surface area contributed by atoms with Gasteiger partial charge in [-0.25, -0.2) is 4.39 Å². The zero-order chi connectivity index (χ0) is 10.8. The summed E-state index contributed by atoms with van der Waals surface area (Å²) in [5.74, 6) is -0.475. The number of nitrogens with two attached hydrogens (primary N) is 2. The molecule has 78 valence electrons. The van der Waals surface area contributed by atoms with Gasteiger partial charge in [0.2, 0.25) is 0 Å². The fourth-order valence-corrected chi connectivity index (χ4v) is 1.40. The van der Waals surface area contributed by atoms with Crippen LogP contribution in [0.5, 0.6) is 0 Å². The molecule has 1 unspecified atom stereocenters. The standard InChI is InChI=1S/C10H15FN2O/c1-10(13,5-6-14)7-3-2-4-8(11)9(7)12/h2-4,14H,5-6,12-13H2,1H3. The van der Waals surface area contributed by atoms with E-state index in [0.717, 1.165) is 0 Å². The summed E-state index contributed by atoms with van der Waals surface area (Å²) in [6, 6.07) is 4.52. The lowest BCUT2D eigenvalue weighted by Crippen LogP contribution is -2.35. The first-order valence-electron chi connectivity index (χ1n) is 4.43. The third-order valence-corrected chi connectivity index (χ3v) is 2.30. The normalized spacial score (nSPS) is 15.1. The highest BCUT2D eigenvalue weighted by Crippen LogP contribution is 2.28. The Morgan fingerprint density at radius 2 is 2.14 bits per heavy atom. The lowest BCUT2D eigenvalue weighted by Gasteiger charge is -2.25. The van der Waals surface area contributed by atoms with Crippen molar-refractivity contribution in [3.05, 3.63) is 29.6 Å². The number of para-hydroxylation sites is 1. The van der Waals surface area contributed by atoms with Gasteiger partial charge in [0, 0.05) is 12.1 Å². The molecule has 0 heterocycles. The number of nitrogen functional groups attached to an aromatic ring is 1. The van der Waals surface area contributed by atoms with E-state index < -0.39 is 11.4 Å². The number of benzene rings is 1. The van der Waals surface area contributed by atoms with Gasteiger partial charge in [-0.15, -0.1) is 0 Å². The summed E-state index contributed by atoms with van der Waals surface area (Å²) in [5, 5.41) is 8.81. The van der Waals surface area contributed by atoms with Gasteiger partial charge in [0.05, 0.1) is 5.69 Å². The molecule has 0 aromatic heterocycles. The molecule has 4 heteroatoms. The largest absolute Gasteiger partial charge is 0.396 e. The monoisotopic (exact) mass is 198 g/mol. The van der Waals surface area contributed by atoms with Gasteiger partial charge in [-0.3, -0.25) is 0 Å². The van der Waals surface area contributed by atoms with Crippen LogP contribution >= 0.6 is 0 Å². The molecular weight excluding hydrogens is 183 g/mol. The van der Waals surface area contributed by atoms with E-state index in [1.807, 2.05) is 0 Å². The van der Waals surface area contributed by atoms with Gasteiger partial charge in [-0.05, 0) is 25.0 Å². The summed E-state index contributed by atoms with van der Waals surface area (Å²) >= 11 is 0. The molecule has 0 saturated heterocycles. The second-order valence-corrected chi connectivity index (χ2v) is 3.59. The first-order valence-corrected chi connectivity index (χ1v) is 4.43. The maximum absolute atomic E-state index is 13.1. The Balaban J connectivity index is 3.12. The molecule has 5 N–H and O–H groups in total. The van der Waals surface area contributed by atoms with E-state index in [1.54, 1.807) is 19.1 Å². The Hall–Kier alpha value is -1.13. The van der Waals surface area contributed by atoms with Crippen molar-refractivity contribution in [2.24, 2.45) is 5.73 Å². The van der Waals surface area contributed by atoms with Crippen molar-refractivity contribution in [2.75, 3.05) is 12.3 Å². The van der Waals surface area contributed by atoms with E-state index in [1.165, 1.54) is 6.07 Å². The minimum Gasteiger partial charge on any atom is -0.396 e. The van der Waals surface area contributed by atoms with Gasteiger partial charge >= 0.3 is 0 Å². The second kappa shape index (κ2) is 3.94. The fourth-order valence-electron chi connectivity index (χ4n) is 1.40. The van der Waals surface area contributed by atoms with Crippen molar-refractivity contribution < 1.29 is 9.50 Å². The van der Waals surface area contributed by atoms with Crippen molar-refractivity contribution in [1.82, 2.24) is 0 Å². The molecule has 0 spiro atoms. The number of anilines is 1. The zero-order valence-corrected chi connectivity index (χ0v) is 8.13. The van der Waals surface area contributed by atoms with E-state index in [0.29, 0.717) is 12.0 Å². The van der Waals surface area contributed by atoms with Gasteiger partial charge < -0.3 is 16.6 Å². The number of aliphatic hydroxyl groups excluding tert-OH is 1. The van der Waals surface area contributed by atoms with Crippen molar-refractivity contribution in [2.45, 2.75) is 18.9 Å². The summed E-state index contributed by atoms with van der Waals surface area (Å²) in [7, 11) is 0. The summed E-state index contributed by atoms with van der Waals surface area (Å²) in [6.45, 7) is 1.66. The highest BCUT2D eigenvalue weighted by Gasteiger charge is 2.23. The number of rotatable bonds is 3. The Morgan fingerprint density at radius 1 is 1.50 bits per heavy atom. The molecule has 0 aliphatic heterocycles. The summed E-state index contributed by atoms with van der Waals surface area (Å²) in [5.41, 5.74) is 11.3. The van der Waals surface area contributed by atoms with Crippen LogP contribution in [-0.2, 0) is 5.54 Å². The predicted molar refractivity (Wildman–Crippen MR) is 54.1 cm³/mol. The molecule has 0 aliphatic carbocycles. The molecule has 3 nitrogen and oxygen atoms in total. The van der Waals surface area contributed by atoms with Crippen LogP contribution in [0.1, 0.15) is 18.9 Å². The fraction of sp³-hybridized carbons (Fsp3) is 0.400. The highest BCUT2D eigenvalue weighted by atomic mass is 19.1. The number of hydrogen-bond donors (Lipinski definition) is 3. The quantitative estimate of drug-likeness (QED) is 0.633. The maximum Gasteiger partial charge on any atom is 0.146 e. The molecule has 0 radical (unpaired) electrons. The maximum atomic E-state index is 13.1. The van der Waals surface area contributed by atoms with E-state index in [9.17, 15) is 4.39 Å². The molecule has 1 rings (SSSR count). The third kappa shape index (κ3) is 2.02. The Morgan fingerprint density at radius 3 is 2.71 bits per heavy atom. The Labute approximate surface area is 82.5 Å². The van der Waals surface area contributed by atoms with Crippen LogP contribution in [0.25, 0.3) is 0 Å². The molecule has 1 aromatic carbocycles. The van der Waals surface area contributed by atoms with Crippen LogP contribution in [-0.4, -0.2) is 11.7 Å². The lowest BCUT2D eigenvalue weighted by molar-refractivity contribution is 0.247. The highest BCUT2D eigenvalue weighted by molar-refractivity contribution is 5.51. The van der Waals surface area contributed by atoms with Gasteiger partial charge in [-0.1, -0.05) is 12.1 Å². The van der Waals surface area contributed by atoms with Gasteiger partial charge in [0.25, 0.3) is 0 Å². The minimum atomic E-state index is -0.791. The van der Waals surface area contributed by atoms with Gasteiger partial charge in [-0.2, -0.15) is 0 Å². The van der Waals surface area contributed by atoms with Gasteiger partial charge in [0.1, 0.15) is 5.82 Å². The van der Waals surface area contributed by atoms with Crippen molar-refractivity contribution in [1.29, 1.82) is 0 Å². The second-order valence-electron chi connectivity index (χ2n) is 3.59. The van der Waals surface area contributed by atoms with E-state index >= 15 is 0 Å². The van der Waals surface area contributed by atoms with Gasteiger partial charge in [0.15, 0.2) is 0 Å². The average molecular weight is 198 g/mol. The molecule has 0 bridgehead atoms. The van der Waals surface area contributed by atoms with Crippen molar-refractivity contribution >= 4 is 5.69 Å². The van der Waals surface area contributed by atoms with Crippen LogP contribution in [0.3, 0.4) is 0 Å². The molecule has 0 aliphatic rings. The summed E-state index contributed by atoms with van der Waals surface area (Å²) in [4.78, 5) is 0. The average Bonchev–Trinajstić information content (AvgIpc) is 2.09. The molecule has 1 aromatic rings. The molecular formula is C10H15FN2O. The number of halogens is 1. The SMILES string of the molecule is CC(N)(CCO)c1cccc(F)c1N.